The second-order valence-electron chi connectivity index (χ2n) is 12.4. The van der Waals surface area contributed by atoms with Crippen LogP contribution in [0.2, 0.25) is 0 Å². The number of ether oxygens (including phenoxy) is 1. The van der Waals surface area contributed by atoms with Gasteiger partial charge in [-0.05, 0) is 70.1 Å². The first-order chi connectivity index (χ1) is 20.6. The lowest BCUT2D eigenvalue weighted by molar-refractivity contribution is 0.0150. The Morgan fingerprint density at radius 3 is 2.49 bits per heavy atom. The van der Waals surface area contributed by atoms with Gasteiger partial charge in [-0.1, -0.05) is 12.1 Å². The molecule has 1 saturated carbocycles. The second kappa shape index (κ2) is 13.5. The smallest absolute Gasteiger partial charge is 0.296 e. The number of alkyl halides is 2. The number of aliphatic hydroxyl groups excluding tert-OH is 1. The van der Waals surface area contributed by atoms with E-state index in [1.807, 2.05) is 20.8 Å². The van der Waals surface area contributed by atoms with Crippen LogP contribution in [0.4, 0.5) is 20.5 Å². The number of imidazole rings is 1. The number of halogens is 2. The summed E-state index contributed by atoms with van der Waals surface area (Å²) in [5, 5.41) is 23.3. The van der Waals surface area contributed by atoms with Gasteiger partial charge in [-0.2, -0.15) is 9.97 Å². The van der Waals surface area contributed by atoms with Gasteiger partial charge in [-0.25, -0.2) is 13.8 Å². The number of hydrogen-bond donors (Lipinski definition) is 3. The summed E-state index contributed by atoms with van der Waals surface area (Å²) in [6.45, 7) is 9.75. The number of fused-ring (bicyclic) bond motifs is 1. The Balaban J connectivity index is 1.34. The molecule has 43 heavy (non-hydrogen) atoms. The van der Waals surface area contributed by atoms with Crippen molar-refractivity contribution < 1.29 is 23.7 Å². The van der Waals surface area contributed by atoms with Gasteiger partial charge in [-0.3, -0.25) is 9.47 Å². The van der Waals surface area contributed by atoms with Crippen LogP contribution in [0.25, 0.3) is 16.9 Å². The fourth-order valence-electron chi connectivity index (χ4n) is 6.12. The molecule has 0 spiro atoms. The highest BCUT2D eigenvalue weighted by atomic mass is 19.3. The summed E-state index contributed by atoms with van der Waals surface area (Å²) in [6, 6.07) is 9.15. The second-order valence-corrected chi connectivity index (χ2v) is 12.4. The highest BCUT2D eigenvalue weighted by molar-refractivity contribution is 5.78. The highest BCUT2D eigenvalue weighted by Gasteiger charge is 2.30. The number of hydrogen-bond acceptors (Lipinski definition) is 9. The number of aliphatic hydroxyl groups is 2. The molecule has 5 rings (SSSR count). The lowest BCUT2D eigenvalue weighted by Gasteiger charge is -2.39. The van der Waals surface area contributed by atoms with Gasteiger partial charge in [-0.15, -0.1) is 0 Å². The fraction of sp³-hybridized carbons (Fsp3) is 0.581. The number of nitrogens with one attached hydrogen (secondary N) is 1. The molecular formula is C31H43F2N7O3. The predicted octanol–water partition coefficient (Wildman–Crippen LogP) is 5.10. The molecule has 1 aliphatic carbocycles. The van der Waals surface area contributed by atoms with Crippen molar-refractivity contribution in [3.05, 3.63) is 48.0 Å². The zero-order valence-electron chi connectivity index (χ0n) is 25.2. The summed E-state index contributed by atoms with van der Waals surface area (Å²) in [5.74, 6) is 1.44. The Morgan fingerprint density at radius 1 is 1.12 bits per heavy atom. The van der Waals surface area contributed by atoms with Crippen LogP contribution in [-0.4, -0.2) is 92.2 Å². The van der Waals surface area contributed by atoms with Crippen LogP contribution in [-0.2, 0) is 4.74 Å². The Morgan fingerprint density at radius 2 is 1.81 bits per heavy atom. The van der Waals surface area contributed by atoms with E-state index in [0.29, 0.717) is 86.5 Å². The molecule has 0 bridgehead atoms. The van der Waals surface area contributed by atoms with E-state index in [-0.39, 0.29) is 5.82 Å². The van der Waals surface area contributed by atoms with Crippen LogP contribution in [0.1, 0.15) is 58.7 Å². The molecular weight excluding hydrogens is 556 g/mol. The van der Waals surface area contributed by atoms with E-state index < -0.39 is 12.0 Å². The van der Waals surface area contributed by atoms with Gasteiger partial charge in [0.25, 0.3) is 6.43 Å². The van der Waals surface area contributed by atoms with E-state index in [1.165, 1.54) is 4.57 Å². The van der Waals surface area contributed by atoms with Crippen LogP contribution in [0, 0.1) is 5.92 Å². The summed E-state index contributed by atoms with van der Waals surface area (Å²) >= 11 is 0. The zero-order chi connectivity index (χ0) is 30.6. The maximum Gasteiger partial charge on any atom is 0.296 e. The normalized spacial score (nSPS) is 20.4. The lowest BCUT2D eigenvalue weighted by Crippen LogP contribution is -2.46. The Kier molecular flexibility index (Phi) is 9.78. The zero-order valence-corrected chi connectivity index (χ0v) is 25.2. The molecule has 12 heteroatoms. The van der Waals surface area contributed by atoms with Crippen LogP contribution in [0.15, 0.2) is 42.2 Å². The highest BCUT2D eigenvalue weighted by Crippen LogP contribution is 2.31. The standard InChI is InChI=1S/C31H43F2N7O3/c1-21(19-41)18-39(20-31(2,3)42)23-10-8-22(9-11-23)17-34-30-36-26(38-12-14-43-15-13-38)16-27(37-30)40-25-7-5-4-6-24(25)35-29(40)28(32)33/h4-7,16,19,22-23,28,41-42H,8-15,17-18,20H2,1-3H3,(H,34,36,37)/b21-19+/t22-,23-. The molecule has 3 aromatic rings. The van der Waals surface area contributed by atoms with E-state index in [1.54, 1.807) is 30.3 Å². The molecule has 3 N–H and O–H groups in total. The summed E-state index contributed by atoms with van der Waals surface area (Å²) in [4.78, 5) is 18.1. The van der Waals surface area contributed by atoms with Gasteiger partial charge in [0.05, 0.1) is 36.1 Å². The van der Waals surface area contributed by atoms with Crippen molar-refractivity contribution in [2.75, 3.05) is 56.2 Å². The molecule has 2 aromatic heterocycles. The first kappa shape index (κ1) is 31.1. The van der Waals surface area contributed by atoms with E-state index in [2.05, 4.69) is 20.1 Å². The molecule has 0 unspecified atom stereocenters. The van der Waals surface area contributed by atoms with Gasteiger partial charge in [0.1, 0.15) is 11.6 Å². The molecule has 234 valence electrons. The van der Waals surface area contributed by atoms with Crippen LogP contribution < -0.4 is 10.2 Å². The van der Waals surface area contributed by atoms with Crippen molar-refractivity contribution in [3.8, 4) is 5.82 Å². The number of rotatable bonds is 11. The monoisotopic (exact) mass is 599 g/mol. The van der Waals surface area contributed by atoms with Crippen LogP contribution >= 0.6 is 0 Å². The molecule has 1 saturated heterocycles. The van der Waals surface area contributed by atoms with E-state index >= 15 is 0 Å². The Bertz CT molecular complexity index is 1390. The quantitative estimate of drug-likeness (QED) is 0.259. The Hall–Kier alpha value is -3.35. The van der Waals surface area contributed by atoms with E-state index in [0.717, 1.165) is 37.5 Å². The molecule has 0 atom stereocenters. The third-order valence-electron chi connectivity index (χ3n) is 8.19. The van der Waals surface area contributed by atoms with E-state index in [4.69, 9.17) is 14.7 Å². The molecule has 0 amide bonds. The van der Waals surface area contributed by atoms with Gasteiger partial charge >= 0.3 is 0 Å². The van der Waals surface area contributed by atoms with Crippen molar-refractivity contribution in [3.63, 3.8) is 0 Å². The molecule has 2 aliphatic rings. The molecule has 10 nitrogen and oxygen atoms in total. The number of para-hydroxylation sites is 2. The summed E-state index contributed by atoms with van der Waals surface area (Å²) in [5.41, 5.74) is 1.08. The molecule has 1 aromatic carbocycles. The predicted molar refractivity (Wildman–Crippen MR) is 163 cm³/mol. The first-order valence-electron chi connectivity index (χ1n) is 15.1. The van der Waals surface area contributed by atoms with Gasteiger partial charge in [0, 0.05) is 44.8 Å². The van der Waals surface area contributed by atoms with Gasteiger partial charge in [0.15, 0.2) is 5.82 Å². The van der Waals surface area contributed by atoms with Crippen molar-refractivity contribution in [1.29, 1.82) is 0 Å². The van der Waals surface area contributed by atoms with Gasteiger partial charge < -0.3 is 25.2 Å². The summed E-state index contributed by atoms with van der Waals surface area (Å²) < 4.78 is 35.3. The third kappa shape index (κ3) is 7.79. The van der Waals surface area contributed by atoms with Crippen molar-refractivity contribution >= 4 is 22.8 Å². The maximum atomic E-state index is 14.2. The molecule has 3 heterocycles. The average molecular weight is 600 g/mol. The number of nitrogens with zero attached hydrogens (tertiary/aromatic N) is 6. The summed E-state index contributed by atoms with van der Waals surface area (Å²) in [7, 11) is 0. The number of morpholine rings is 1. The topological polar surface area (TPSA) is 112 Å². The van der Waals surface area contributed by atoms with Crippen molar-refractivity contribution in [1.82, 2.24) is 24.4 Å². The minimum absolute atomic E-state index is 0.312. The maximum absolute atomic E-state index is 14.2. The van der Waals surface area contributed by atoms with Crippen molar-refractivity contribution in [2.24, 2.45) is 5.92 Å². The molecule has 1 aliphatic heterocycles. The fourth-order valence-corrected chi connectivity index (χ4v) is 6.12. The van der Waals surface area contributed by atoms with E-state index in [9.17, 15) is 19.0 Å². The minimum Gasteiger partial charge on any atom is -0.516 e. The number of anilines is 2. The molecule has 2 fully saturated rings. The minimum atomic E-state index is -2.77. The largest absolute Gasteiger partial charge is 0.516 e. The summed E-state index contributed by atoms with van der Waals surface area (Å²) in [6.07, 6.45) is 2.29. The first-order valence-corrected chi connectivity index (χ1v) is 15.1. The van der Waals surface area contributed by atoms with Crippen LogP contribution in [0.5, 0.6) is 0 Å². The molecule has 0 radical (unpaired) electrons. The third-order valence-corrected chi connectivity index (χ3v) is 8.19. The van der Waals surface area contributed by atoms with Crippen LogP contribution in [0.3, 0.4) is 0 Å². The van der Waals surface area contributed by atoms with Crippen molar-refractivity contribution in [2.45, 2.75) is 64.5 Å². The average Bonchev–Trinajstić information content (AvgIpc) is 3.40. The van der Waals surface area contributed by atoms with Gasteiger partial charge in [0.2, 0.25) is 5.95 Å². The number of aromatic nitrogens is 4. The Labute approximate surface area is 251 Å². The lowest BCUT2D eigenvalue weighted by atomic mass is 9.84. The SMILES string of the molecule is C/C(=C\O)CN(CC(C)(C)O)[C@H]1CC[C@H](CNc2nc(N3CCOCC3)cc(-n3c(C(F)F)nc4ccccc43)n2)CC1. The number of benzene rings is 1.